The van der Waals surface area contributed by atoms with Crippen LogP contribution in [-0.2, 0) is 4.79 Å². The summed E-state index contributed by atoms with van der Waals surface area (Å²) < 4.78 is 0. The van der Waals surface area contributed by atoms with Gasteiger partial charge in [-0.2, -0.15) is 0 Å². The highest BCUT2D eigenvalue weighted by Gasteiger charge is 1.98. The molecular weight excluding hydrogens is 144 g/mol. The number of carbonyl (C=O) groups is 1. The first kappa shape index (κ1) is 9.48. The lowest BCUT2D eigenvalue weighted by molar-refractivity contribution is -0.111. The van der Waals surface area contributed by atoms with Crippen molar-refractivity contribution in [2.24, 2.45) is 0 Å². The zero-order chi connectivity index (χ0) is 8.69. The van der Waals surface area contributed by atoms with Gasteiger partial charge in [-0.3, -0.25) is 20.6 Å². The van der Waals surface area contributed by atoms with E-state index >= 15 is 0 Å². The summed E-state index contributed by atoms with van der Waals surface area (Å²) in [6.45, 7) is 3.91. The summed E-state index contributed by atoms with van der Waals surface area (Å²) in [6.07, 6.45) is 2.04. The minimum atomic E-state index is 0.0111. The summed E-state index contributed by atoms with van der Waals surface area (Å²) in [7, 11) is 3.35. The average molecular weight is 155 g/mol. The fourth-order valence-electron chi connectivity index (χ4n) is 0.392. The van der Waals surface area contributed by atoms with Gasteiger partial charge in [-0.05, 0) is 0 Å². The van der Waals surface area contributed by atoms with Gasteiger partial charge in [-0.1, -0.05) is 6.08 Å². The Bertz CT molecular complexity index is 157. The molecule has 0 saturated heterocycles. The van der Waals surface area contributed by atoms with Crippen LogP contribution in [0.1, 0.15) is 0 Å². The number of hydrazine groups is 1. The molecule has 0 bridgehead atoms. The second-order valence-corrected chi connectivity index (χ2v) is 1.69. The molecule has 0 rings (SSSR count). The zero-order valence-electron chi connectivity index (χ0n) is 6.13. The van der Waals surface area contributed by atoms with Crippen molar-refractivity contribution in [3.8, 4) is 0 Å². The molecule has 1 radical (unpaired) electrons. The van der Waals surface area contributed by atoms with Crippen molar-refractivity contribution in [1.82, 2.24) is 15.8 Å². The van der Waals surface area contributed by atoms with Crippen LogP contribution < -0.4 is 10.7 Å². The van der Waals surface area contributed by atoms with Crippen LogP contribution in [0.25, 0.3) is 0 Å². The van der Waals surface area contributed by atoms with Crippen LogP contribution in [-0.4, -0.2) is 23.9 Å². The first-order chi connectivity index (χ1) is 5.22. The van der Waals surface area contributed by atoms with Crippen molar-refractivity contribution in [1.29, 1.82) is 5.41 Å². The Morgan fingerprint density at radius 1 is 1.73 bits per heavy atom. The number of amides is 1. The Labute approximate surface area is 65.6 Å². The van der Waals surface area contributed by atoms with Gasteiger partial charge in [0.2, 0.25) is 12.4 Å². The number of hydrogen-bond acceptors (Lipinski definition) is 2. The predicted molar refractivity (Wildman–Crippen MR) is 42.3 cm³/mol. The summed E-state index contributed by atoms with van der Waals surface area (Å²) in [4.78, 5) is 9.86. The molecule has 1 amide bonds. The van der Waals surface area contributed by atoms with Crippen molar-refractivity contribution in [3.63, 3.8) is 0 Å². The molecule has 5 heteroatoms. The van der Waals surface area contributed by atoms with Gasteiger partial charge in [0, 0.05) is 6.54 Å². The van der Waals surface area contributed by atoms with Crippen molar-refractivity contribution < 1.29 is 4.79 Å². The number of nitrogens with one attached hydrogen (secondary N) is 3. The second kappa shape index (κ2) is 5.28. The Morgan fingerprint density at radius 3 is 2.82 bits per heavy atom. The van der Waals surface area contributed by atoms with Crippen LogP contribution in [0.15, 0.2) is 12.7 Å². The smallest absolute Gasteiger partial charge is 0.225 e. The number of hydrogen-bond donors (Lipinski definition) is 3. The molecule has 61 valence electrons. The van der Waals surface area contributed by atoms with Crippen LogP contribution in [0.5, 0.6) is 0 Å². The molecule has 0 fully saturated rings. The molecule has 0 aromatic rings. The van der Waals surface area contributed by atoms with Crippen LogP contribution in [0, 0.1) is 12.5 Å². The van der Waals surface area contributed by atoms with Crippen molar-refractivity contribution in [3.05, 3.63) is 19.7 Å². The Morgan fingerprint density at radius 2 is 2.36 bits per heavy atom. The van der Waals surface area contributed by atoms with E-state index in [1.54, 1.807) is 6.08 Å². The maximum atomic E-state index is 9.86. The lowest BCUT2D eigenvalue weighted by Crippen LogP contribution is -2.44. The van der Waals surface area contributed by atoms with E-state index in [1.807, 2.05) is 0 Å². The minimum absolute atomic E-state index is 0.0111. The summed E-state index contributed by atoms with van der Waals surface area (Å²) >= 11 is 0. The van der Waals surface area contributed by atoms with E-state index in [0.717, 1.165) is 5.01 Å². The third-order valence-corrected chi connectivity index (χ3v) is 0.892. The van der Waals surface area contributed by atoms with Gasteiger partial charge in [0.05, 0.1) is 7.05 Å². The number of carbonyl (C=O) groups excluding carboxylic acids is 1. The summed E-state index contributed by atoms with van der Waals surface area (Å²) in [6, 6.07) is 0. The van der Waals surface area contributed by atoms with Gasteiger partial charge in [-0.25, -0.2) is 0 Å². The van der Waals surface area contributed by atoms with E-state index in [2.05, 4.69) is 24.4 Å². The Balaban J connectivity index is 3.62. The second-order valence-electron chi connectivity index (χ2n) is 1.69. The Kier molecular flexibility index (Phi) is 4.55. The summed E-state index contributed by atoms with van der Waals surface area (Å²) in [5.74, 6) is 0.0111. The quantitative estimate of drug-likeness (QED) is 0.168. The molecule has 0 atom stereocenters. The third kappa shape index (κ3) is 3.96. The van der Waals surface area contributed by atoms with Gasteiger partial charge >= 0.3 is 0 Å². The van der Waals surface area contributed by atoms with Gasteiger partial charge in [0.1, 0.15) is 0 Å². The topological polar surface area (TPSA) is 68.2 Å². The van der Waals surface area contributed by atoms with Gasteiger partial charge < -0.3 is 5.32 Å². The average Bonchev–Trinajstić information content (AvgIpc) is 2.00. The SMILES string of the molecule is [CH2]N(NC=O)C(=N)NCC=C. The van der Waals surface area contributed by atoms with Crippen LogP contribution >= 0.6 is 0 Å². The largest absolute Gasteiger partial charge is 0.352 e. The van der Waals surface area contributed by atoms with Gasteiger partial charge in [0.15, 0.2) is 0 Å². The molecule has 11 heavy (non-hydrogen) atoms. The lowest BCUT2D eigenvalue weighted by atomic mass is 10.6. The standard InChI is InChI=1S/C6H11N4O/c1-3-4-8-6(7)10(2)9-5-11/h3,5H,1-2,4H2,(H2,7,8)(H,9,11). The van der Waals surface area contributed by atoms with Crippen LogP contribution in [0.4, 0.5) is 0 Å². The monoisotopic (exact) mass is 155 g/mol. The van der Waals surface area contributed by atoms with E-state index in [4.69, 9.17) is 5.41 Å². The van der Waals surface area contributed by atoms with Gasteiger partial charge in [-0.15, -0.1) is 6.58 Å². The normalized spacial score (nSPS) is 8.09. The highest BCUT2D eigenvalue weighted by atomic mass is 16.1. The number of nitrogens with zero attached hydrogens (tertiary/aromatic N) is 1. The summed E-state index contributed by atoms with van der Waals surface area (Å²) in [5, 5.41) is 10.8. The molecule has 0 unspecified atom stereocenters. The molecule has 0 heterocycles. The predicted octanol–water partition coefficient (Wildman–Crippen LogP) is -0.549. The molecule has 0 aromatic heterocycles. The maximum absolute atomic E-state index is 9.86. The van der Waals surface area contributed by atoms with Crippen molar-refractivity contribution in [2.75, 3.05) is 6.54 Å². The van der Waals surface area contributed by atoms with E-state index in [9.17, 15) is 4.79 Å². The first-order valence-corrected chi connectivity index (χ1v) is 2.96. The molecule has 0 aromatic carbocycles. The summed E-state index contributed by atoms with van der Waals surface area (Å²) in [5.41, 5.74) is 2.17. The van der Waals surface area contributed by atoms with E-state index in [0.29, 0.717) is 13.0 Å². The van der Waals surface area contributed by atoms with E-state index in [-0.39, 0.29) is 5.96 Å². The van der Waals surface area contributed by atoms with Crippen LogP contribution in [0.3, 0.4) is 0 Å². The fourth-order valence-corrected chi connectivity index (χ4v) is 0.392. The molecule has 0 saturated carbocycles. The fraction of sp³-hybridized carbons (Fsp3) is 0.167. The van der Waals surface area contributed by atoms with Crippen molar-refractivity contribution in [2.45, 2.75) is 0 Å². The molecule has 3 N–H and O–H groups in total. The minimum Gasteiger partial charge on any atom is -0.352 e. The van der Waals surface area contributed by atoms with E-state index < -0.39 is 0 Å². The van der Waals surface area contributed by atoms with Crippen LogP contribution in [0.2, 0.25) is 0 Å². The highest BCUT2D eigenvalue weighted by Crippen LogP contribution is 1.74. The molecule has 0 aliphatic carbocycles. The zero-order valence-corrected chi connectivity index (χ0v) is 6.13. The Hall–Kier alpha value is -1.52. The maximum Gasteiger partial charge on any atom is 0.225 e. The molecular formula is C6H11N4O. The van der Waals surface area contributed by atoms with E-state index in [1.165, 1.54) is 0 Å². The lowest BCUT2D eigenvalue weighted by Gasteiger charge is -2.17. The highest BCUT2D eigenvalue weighted by molar-refractivity contribution is 5.77. The first-order valence-electron chi connectivity index (χ1n) is 2.96. The molecule has 0 spiro atoms. The number of rotatable bonds is 4. The van der Waals surface area contributed by atoms with Gasteiger partial charge in [0.25, 0.3) is 0 Å². The molecule has 0 aliphatic heterocycles. The molecule has 5 nitrogen and oxygen atoms in total. The number of guanidine groups is 1. The molecule has 0 aliphatic rings. The third-order valence-electron chi connectivity index (χ3n) is 0.892. The van der Waals surface area contributed by atoms with Crippen molar-refractivity contribution >= 4 is 12.4 Å².